The van der Waals surface area contributed by atoms with E-state index in [4.69, 9.17) is 0 Å². The van der Waals surface area contributed by atoms with Crippen molar-refractivity contribution < 1.29 is 8.42 Å². The van der Waals surface area contributed by atoms with Crippen molar-refractivity contribution >= 4 is 27.3 Å². The van der Waals surface area contributed by atoms with Gasteiger partial charge in [0.2, 0.25) is 20.9 Å². The molecule has 0 spiro atoms. The third kappa shape index (κ3) is 3.22. The van der Waals surface area contributed by atoms with Gasteiger partial charge >= 0.3 is 0 Å². The summed E-state index contributed by atoms with van der Waals surface area (Å²) in [6.45, 7) is 0. The van der Waals surface area contributed by atoms with Gasteiger partial charge in [0.25, 0.3) is 0 Å². The van der Waals surface area contributed by atoms with Crippen LogP contribution in [-0.2, 0) is 9.84 Å². The topological polar surface area (TPSA) is 106 Å². The average molecular weight is 381 g/mol. The second kappa shape index (κ2) is 6.40. The highest BCUT2D eigenvalue weighted by Gasteiger charge is 2.18. The molecule has 1 aromatic carbocycles. The summed E-state index contributed by atoms with van der Waals surface area (Å²) in [7, 11) is -1.80. The Hall–Kier alpha value is -3.40. The molecule has 136 valence electrons. The van der Waals surface area contributed by atoms with Gasteiger partial charge in [0.15, 0.2) is 5.65 Å². The highest BCUT2D eigenvalue weighted by atomic mass is 32.2. The van der Waals surface area contributed by atoms with E-state index in [0.717, 1.165) is 17.5 Å². The summed E-state index contributed by atoms with van der Waals surface area (Å²) in [6.07, 6.45) is 3.90. The molecule has 10 heteroatoms. The third-order valence-corrected chi connectivity index (χ3v) is 4.77. The van der Waals surface area contributed by atoms with Crippen molar-refractivity contribution in [3.63, 3.8) is 0 Å². The standard InChI is InChI=1S/C17H15N7O2S/c1-23(14-8-9-18-16(22-14)27(2,25)26)17-21-13(12-6-4-3-5-7-12)10-15-19-11-20-24(15)17/h3-11H,1-2H3. The zero-order valence-electron chi connectivity index (χ0n) is 14.6. The van der Waals surface area contributed by atoms with E-state index < -0.39 is 9.84 Å². The lowest BCUT2D eigenvalue weighted by Gasteiger charge is -2.18. The fraction of sp³-hybridized carbons (Fsp3) is 0.118. The summed E-state index contributed by atoms with van der Waals surface area (Å²) in [5.41, 5.74) is 2.26. The van der Waals surface area contributed by atoms with Crippen molar-refractivity contribution in [2.45, 2.75) is 5.16 Å². The largest absolute Gasteiger partial charge is 0.298 e. The number of aromatic nitrogens is 6. The molecular formula is C17H15N7O2S. The summed E-state index contributed by atoms with van der Waals surface area (Å²) in [5, 5.41) is 3.96. The lowest BCUT2D eigenvalue weighted by molar-refractivity contribution is 0.593. The third-order valence-electron chi connectivity index (χ3n) is 3.91. The molecule has 0 unspecified atom stereocenters. The Labute approximate surface area is 155 Å². The zero-order chi connectivity index (χ0) is 19.0. The number of nitrogens with zero attached hydrogens (tertiary/aromatic N) is 7. The van der Waals surface area contributed by atoms with E-state index in [1.54, 1.807) is 22.5 Å². The molecule has 0 aliphatic heterocycles. The molecule has 0 fully saturated rings. The number of rotatable bonds is 4. The van der Waals surface area contributed by atoms with Crippen molar-refractivity contribution in [2.24, 2.45) is 0 Å². The predicted molar refractivity (Wildman–Crippen MR) is 99.4 cm³/mol. The molecule has 0 atom stereocenters. The minimum absolute atomic E-state index is 0.249. The molecule has 3 heterocycles. The van der Waals surface area contributed by atoms with Crippen LogP contribution in [0.4, 0.5) is 11.8 Å². The zero-order valence-corrected chi connectivity index (χ0v) is 15.4. The normalized spacial score (nSPS) is 11.6. The van der Waals surface area contributed by atoms with Crippen molar-refractivity contribution in [1.82, 2.24) is 29.5 Å². The number of sulfone groups is 1. The Morgan fingerprint density at radius 2 is 1.81 bits per heavy atom. The highest BCUT2D eigenvalue weighted by molar-refractivity contribution is 7.90. The van der Waals surface area contributed by atoms with Gasteiger partial charge in [0.05, 0.1) is 5.69 Å². The van der Waals surface area contributed by atoms with Gasteiger partial charge in [0, 0.05) is 31.1 Å². The fourth-order valence-electron chi connectivity index (χ4n) is 2.59. The quantitative estimate of drug-likeness (QED) is 0.492. The molecule has 0 amide bonds. The van der Waals surface area contributed by atoms with E-state index >= 15 is 0 Å². The molecule has 9 nitrogen and oxygen atoms in total. The van der Waals surface area contributed by atoms with Crippen LogP contribution in [0.1, 0.15) is 0 Å². The van der Waals surface area contributed by atoms with E-state index in [1.807, 2.05) is 36.4 Å². The molecule has 4 aromatic rings. The number of hydrogen-bond donors (Lipinski definition) is 0. The van der Waals surface area contributed by atoms with Gasteiger partial charge < -0.3 is 0 Å². The smallest absolute Gasteiger partial charge is 0.248 e. The molecular weight excluding hydrogens is 366 g/mol. The number of fused-ring (bicyclic) bond motifs is 1. The van der Waals surface area contributed by atoms with Crippen molar-refractivity contribution in [3.05, 3.63) is 55.0 Å². The molecule has 0 aliphatic rings. The average Bonchev–Trinajstić information content (AvgIpc) is 3.15. The maximum atomic E-state index is 11.8. The molecule has 3 aromatic heterocycles. The van der Waals surface area contributed by atoms with Gasteiger partial charge in [-0.25, -0.2) is 28.4 Å². The van der Waals surface area contributed by atoms with Crippen LogP contribution in [0, 0.1) is 0 Å². The SMILES string of the molecule is CN(c1ccnc(S(C)(=O)=O)n1)c1nc(-c2ccccc2)cc2ncnn12. The van der Waals surface area contributed by atoms with Gasteiger partial charge in [-0.05, 0) is 6.07 Å². The molecule has 27 heavy (non-hydrogen) atoms. The molecule has 0 saturated heterocycles. The van der Waals surface area contributed by atoms with E-state index in [9.17, 15) is 8.42 Å². The van der Waals surface area contributed by atoms with E-state index in [2.05, 4.69) is 25.0 Å². The van der Waals surface area contributed by atoms with E-state index in [1.165, 1.54) is 12.5 Å². The highest BCUT2D eigenvalue weighted by Crippen LogP contribution is 2.25. The van der Waals surface area contributed by atoms with Crippen molar-refractivity contribution in [1.29, 1.82) is 0 Å². The van der Waals surface area contributed by atoms with Crippen molar-refractivity contribution in [2.75, 3.05) is 18.2 Å². The molecule has 0 saturated carbocycles. The molecule has 0 bridgehead atoms. The monoisotopic (exact) mass is 381 g/mol. The first-order valence-electron chi connectivity index (χ1n) is 7.96. The van der Waals surface area contributed by atoms with Crippen LogP contribution >= 0.6 is 0 Å². The molecule has 0 radical (unpaired) electrons. The first-order chi connectivity index (χ1) is 12.9. The second-order valence-electron chi connectivity index (χ2n) is 5.87. The minimum Gasteiger partial charge on any atom is -0.298 e. The summed E-state index contributed by atoms with van der Waals surface area (Å²) in [4.78, 5) is 18.5. The van der Waals surface area contributed by atoms with Crippen LogP contribution in [0.15, 0.2) is 60.1 Å². The Balaban J connectivity index is 1.87. The fourth-order valence-corrected chi connectivity index (χ4v) is 3.10. The van der Waals surface area contributed by atoms with Crippen LogP contribution in [0.5, 0.6) is 0 Å². The van der Waals surface area contributed by atoms with Gasteiger partial charge in [-0.2, -0.15) is 9.61 Å². The molecule has 0 N–H and O–H groups in total. The number of benzene rings is 1. The Kier molecular flexibility index (Phi) is 4.04. The summed E-state index contributed by atoms with van der Waals surface area (Å²) in [6, 6.07) is 13.1. The Morgan fingerprint density at radius 3 is 2.56 bits per heavy atom. The maximum Gasteiger partial charge on any atom is 0.248 e. The number of anilines is 2. The predicted octanol–water partition coefficient (Wildman–Crippen LogP) is 1.75. The lowest BCUT2D eigenvalue weighted by atomic mass is 10.1. The first-order valence-corrected chi connectivity index (χ1v) is 9.86. The van der Waals surface area contributed by atoms with Gasteiger partial charge in [-0.1, -0.05) is 30.3 Å². The Bertz CT molecular complexity index is 1220. The van der Waals surface area contributed by atoms with Gasteiger partial charge in [-0.15, -0.1) is 0 Å². The summed E-state index contributed by atoms with van der Waals surface area (Å²) < 4.78 is 25.1. The van der Waals surface area contributed by atoms with Gasteiger partial charge in [-0.3, -0.25) is 4.90 Å². The number of hydrogen-bond acceptors (Lipinski definition) is 8. The maximum absolute atomic E-state index is 11.8. The first kappa shape index (κ1) is 17.0. The lowest BCUT2D eigenvalue weighted by Crippen LogP contribution is -2.19. The minimum atomic E-state index is -3.53. The van der Waals surface area contributed by atoms with E-state index in [-0.39, 0.29) is 5.16 Å². The van der Waals surface area contributed by atoms with Crippen LogP contribution in [0.25, 0.3) is 16.9 Å². The van der Waals surface area contributed by atoms with Crippen LogP contribution < -0.4 is 4.90 Å². The van der Waals surface area contributed by atoms with E-state index in [0.29, 0.717) is 17.4 Å². The van der Waals surface area contributed by atoms with Crippen LogP contribution in [0.2, 0.25) is 0 Å². The van der Waals surface area contributed by atoms with Gasteiger partial charge in [0.1, 0.15) is 12.1 Å². The molecule has 0 aliphatic carbocycles. The summed E-state index contributed by atoms with van der Waals surface area (Å²) >= 11 is 0. The van der Waals surface area contributed by atoms with Crippen LogP contribution in [0.3, 0.4) is 0 Å². The molecule has 4 rings (SSSR count). The van der Waals surface area contributed by atoms with Crippen LogP contribution in [-0.4, -0.2) is 51.3 Å². The van der Waals surface area contributed by atoms with Crippen molar-refractivity contribution in [3.8, 4) is 11.3 Å². The Morgan fingerprint density at radius 1 is 1.04 bits per heavy atom. The summed E-state index contributed by atoms with van der Waals surface area (Å²) in [5.74, 6) is 0.821. The second-order valence-corrected chi connectivity index (χ2v) is 7.78.